The third-order valence-electron chi connectivity index (χ3n) is 3.28. The number of hydrogen-bond acceptors (Lipinski definition) is 1. The number of carbonyl (C=O) groups excluding carboxylic acids is 1. The zero-order valence-electron chi connectivity index (χ0n) is 11.3. The van der Waals surface area contributed by atoms with Gasteiger partial charge in [0.05, 0.1) is 16.5 Å². The fraction of sp³-hybridized carbons (Fsp3) is 0.0625. The fourth-order valence-corrected chi connectivity index (χ4v) is 2.55. The first-order valence-corrected chi connectivity index (χ1v) is 7.29. The van der Waals surface area contributed by atoms with Crippen molar-refractivity contribution in [2.75, 3.05) is 5.32 Å². The van der Waals surface area contributed by atoms with Crippen molar-refractivity contribution >= 4 is 45.7 Å². The second-order valence-corrected chi connectivity index (χ2v) is 5.67. The van der Waals surface area contributed by atoms with Gasteiger partial charge in [0, 0.05) is 22.8 Å². The summed E-state index contributed by atoms with van der Waals surface area (Å²) in [7, 11) is 0. The summed E-state index contributed by atoms with van der Waals surface area (Å²) in [5.41, 5.74) is 2.08. The van der Waals surface area contributed by atoms with Crippen LogP contribution in [0.1, 0.15) is 5.56 Å². The van der Waals surface area contributed by atoms with Gasteiger partial charge in [-0.15, -0.1) is 0 Å². The monoisotopic (exact) mass is 336 g/mol. The van der Waals surface area contributed by atoms with Crippen molar-refractivity contribution in [1.82, 2.24) is 4.98 Å². The van der Waals surface area contributed by atoms with Gasteiger partial charge in [-0.2, -0.15) is 0 Å². The van der Waals surface area contributed by atoms with E-state index in [2.05, 4.69) is 10.3 Å². The highest BCUT2D eigenvalue weighted by molar-refractivity contribution is 6.42. The second kappa shape index (κ2) is 5.99. The van der Waals surface area contributed by atoms with Crippen LogP contribution in [-0.2, 0) is 11.2 Å². The molecule has 1 heterocycles. The highest BCUT2D eigenvalue weighted by Crippen LogP contribution is 2.25. The van der Waals surface area contributed by atoms with E-state index in [-0.39, 0.29) is 18.1 Å². The van der Waals surface area contributed by atoms with Crippen LogP contribution in [0.3, 0.4) is 0 Å². The van der Waals surface area contributed by atoms with Crippen molar-refractivity contribution in [2.24, 2.45) is 0 Å². The summed E-state index contributed by atoms with van der Waals surface area (Å²) in [6.45, 7) is 0. The molecular formula is C16H11Cl2FN2O. The molecule has 22 heavy (non-hydrogen) atoms. The Morgan fingerprint density at radius 1 is 1.14 bits per heavy atom. The summed E-state index contributed by atoms with van der Waals surface area (Å²) in [4.78, 5) is 15.1. The lowest BCUT2D eigenvalue weighted by molar-refractivity contribution is -0.115. The molecule has 3 nitrogen and oxygen atoms in total. The van der Waals surface area contributed by atoms with Gasteiger partial charge in [0.2, 0.25) is 5.91 Å². The number of nitrogens with one attached hydrogen (secondary N) is 2. The quantitative estimate of drug-likeness (QED) is 0.709. The summed E-state index contributed by atoms with van der Waals surface area (Å²) in [5, 5.41) is 4.23. The summed E-state index contributed by atoms with van der Waals surface area (Å²) < 4.78 is 13.3. The molecule has 3 aromatic rings. The lowest BCUT2D eigenvalue weighted by atomic mass is 10.1. The van der Waals surface area contributed by atoms with Crippen molar-refractivity contribution in [1.29, 1.82) is 0 Å². The van der Waals surface area contributed by atoms with E-state index >= 15 is 0 Å². The van der Waals surface area contributed by atoms with Crippen LogP contribution < -0.4 is 5.32 Å². The van der Waals surface area contributed by atoms with Gasteiger partial charge >= 0.3 is 0 Å². The average molecular weight is 337 g/mol. The molecule has 1 amide bonds. The van der Waals surface area contributed by atoms with E-state index in [1.807, 2.05) is 0 Å². The van der Waals surface area contributed by atoms with Crippen LogP contribution in [-0.4, -0.2) is 10.9 Å². The number of benzene rings is 2. The first-order chi connectivity index (χ1) is 10.5. The Hall–Kier alpha value is -2.04. The number of fused-ring (bicyclic) bond motifs is 1. The number of rotatable bonds is 3. The van der Waals surface area contributed by atoms with Crippen molar-refractivity contribution < 1.29 is 9.18 Å². The van der Waals surface area contributed by atoms with E-state index in [9.17, 15) is 9.18 Å². The number of aromatic amines is 1. The second-order valence-electron chi connectivity index (χ2n) is 4.86. The minimum atomic E-state index is -0.335. The van der Waals surface area contributed by atoms with Crippen LogP contribution in [0.25, 0.3) is 10.9 Å². The molecule has 112 valence electrons. The zero-order chi connectivity index (χ0) is 15.7. The van der Waals surface area contributed by atoms with Crippen LogP contribution >= 0.6 is 23.2 Å². The van der Waals surface area contributed by atoms with E-state index in [0.717, 1.165) is 11.1 Å². The molecule has 0 unspecified atom stereocenters. The molecule has 0 bridgehead atoms. The number of halogens is 3. The molecule has 0 radical (unpaired) electrons. The molecule has 0 aliphatic carbocycles. The SMILES string of the molecule is O=C(Cc1c[nH]c2ccc(F)cc12)Nc1ccc(Cl)c(Cl)c1. The van der Waals surface area contributed by atoms with Crippen LogP contribution in [0, 0.1) is 5.82 Å². The van der Waals surface area contributed by atoms with Crippen molar-refractivity contribution in [3.05, 3.63) is 64.0 Å². The predicted octanol–water partition coefficient (Wildman–Crippen LogP) is 4.80. The first kappa shape index (κ1) is 14.9. The zero-order valence-corrected chi connectivity index (χ0v) is 12.8. The smallest absolute Gasteiger partial charge is 0.228 e. The summed E-state index contributed by atoms with van der Waals surface area (Å²) in [6, 6.07) is 9.29. The molecule has 0 aliphatic heterocycles. The number of carbonyl (C=O) groups is 1. The topological polar surface area (TPSA) is 44.9 Å². The molecule has 0 saturated heterocycles. The van der Waals surface area contributed by atoms with E-state index in [1.165, 1.54) is 12.1 Å². The van der Waals surface area contributed by atoms with Gasteiger partial charge in [0.1, 0.15) is 5.82 Å². The van der Waals surface area contributed by atoms with Gasteiger partial charge in [-0.1, -0.05) is 23.2 Å². The van der Waals surface area contributed by atoms with Crippen LogP contribution in [0.15, 0.2) is 42.6 Å². The van der Waals surface area contributed by atoms with E-state index < -0.39 is 0 Å². The standard InChI is InChI=1S/C16H11Cl2FN2O/c17-13-3-2-11(7-14(13)18)21-16(22)5-9-8-20-15-4-1-10(19)6-12(9)15/h1-4,6-8,20H,5H2,(H,21,22). The van der Waals surface area contributed by atoms with Gasteiger partial charge in [-0.25, -0.2) is 4.39 Å². The summed E-state index contributed by atoms with van der Waals surface area (Å²) in [6.07, 6.45) is 1.84. The molecule has 2 N–H and O–H groups in total. The molecule has 0 aliphatic rings. The fourth-order valence-electron chi connectivity index (χ4n) is 2.25. The van der Waals surface area contributed by atoms with Crippen LogP contribution in [0.2, 0.25) is 10.0 Å². The Morgan fingerprint density at radius 2 is 1.95 bits per heavy atom. The molecule has 6 heteroatoms. The number of hydrogen-bond donors (Lipinski definition) is 2. The lowest BCUT2D eigenvalue weighted by Crippen LogP contribution is -2.14. The maximum atomic E-state index is 13.3. The van der Waals surface area contributed by atoms with Gasteiger partial charge in [-0.3, -0.25) is 4.79 Å². The summed E-state index contributed by atoms with van der Waals surface area (Å²) >= 11 is 11.7. The van der Waals surface area contributed by atoms with Crippen molar-refractivity contribution in [3.63, 3.8) is 0 Å². The van der Waals surface area contributed by atoms with Crippen LogP contribution in [0.4, 0.5) is 10.1 Å². The number of amides is 1. The minimum absolute atomic E-state index is 0.129. The third kappa shape index (κ3) is 3.08. The summed E-state index contributed by atoms with van der Waals surface area (Å²) in [5.74, 6) is -0.554. The lowest BCUT2D eigenvalue weighted by Gasteiger charge is -2.06. The molecule has 0 atom stereocenters. The molecular weight excluding hydrogens is 326 g/mol. The van der Waals surface area contributed by atoms with Gasteiger partial charge < -0.3 is 10.3 Å². The normalized spacial score (nSPS) is 10.9. The van der Waals surface area contributed by atoms with E-state index in [0.29, 0.717) is 21.1 Å². The Kier molecular flexibility index (Phi) is 4.05. The largest absolute Gasteiger partial charge is 0.361 e. The molecule has 1 aromatic heterocycles. The molecule has 0 spiro atoms. The highest BCUT2D eigenvalue weighted by atomic mass is 35.5. The van der Waals surface area contributed by atoms with E-state index in [4.69, 9.17) is 23.2 Å². The number of anilines is 1. The average Bonchev–Trinajstić information content (AvgIpc) is 2.85. The Balaban J connectivity index is 1.78. The number of aromatic nitrogens is 1. The minimum Gasteiger partial charge on any atom is -0.361 e. The van der Waals surface area contributed by atoms with Crippen molar-refractivity contribution in [3.8, 4) is 0 Å². The van der Waals surface area contributed by atoms with Crippen LogP contribution in [0.5, 0.6) is 0 Å². The maximum absolute atomic E-state index is 13.3. The molecule has 2 aromatic carbocycles. The molecule has 0 fully saturated rings. The molecule has 0 saturated carbocycles. The Labute approximate surface area is 136 Å². The first-order valence-electron chi connectivity index (χ1n) is 6.53. The third-order valence-corrected chi connectivity index (χ3v) is 4.02. The Bertz CT molecular complexity index is 860. The van der Waals surface area contributed by atoms with Crippen molar-refractivity contribution in [2.45, 2.75) is 6.42 Å². The molecule has 3 rings (SSSR count). The predicted molar refractivity (Wildman–Crippen MR) is 87.1 cm³/mol. The van der Waals surface area contributed by atoms with Gasteiger partial charge in [0.25, 0.3) is 0 Å². The number of H-pyrrole nitrogens is 1. The highest BCUT2D eigenvalue weighted by Gasteiger charge is 2.10. The maximum Gasteiger partial charge on any atom is 0.228 e. The van der Waals surface area contributed by atoms with Gasteiger partial charge in [0.15, 0.2) is 0 Å². The Morgan fingerprint density at radius 3 is 2.73 bits per heavy atom. The van der Waals surface area contributed by atoms with E-state index in [1.54, 1.807) is 30.5 Å². The van der Waals surface area contributed by atoms with Gasteiger partial charge in [-0.05, 0) is 42.0 Å².